The summed E-state index contributed by atoms with van der Waals surface area (Å²) in [7, 11) is 0. The summed E-state index contributed by atoms with van der Waals surface area (Å²) in [6.07, 6.45) is 1.65. The lowest BCUT2D eigenvalue weighted by molar-refractivity contribution is -0.389. The van der Waals surface area contributed by atoms with Gasteiger partial charge in [0.1, 0.15) is 0 Å². The molecule has 1 aromatic heterocycles. The van der Waals surface area contributed by atoms with E-state index in [9.17, 15) is 10.1 Å². The Kier molecular flexibility index (Phi) is 7.85. The van der Waals surface area contributed by atoms with E-state index in [0.717, 1.165) is 32.7 Å². The molecule has 0 aromatic carbocycles. The van der Waals surface area contributed by atoms with Crippen LogP contribution in [0.25, 0.3) is 0 Å². The topological polar surface area (TPSA) is 76.2 Å². The van der Waals surface area contributed by atoms with E-state index < -0.39 is 4.92 Å². The lowest BCUT2D eigenvalue weighted by atomic mass is 10.3. The number of piperazine rings is 1. The molecule has 1 fully saturated rings. The van der Waals surface area contributed by atoms with E-state index in [2.05, 4.69) is 15.3 Å². The Morgan fingerprint density at radius 3 is 2.56 bits per heavy atom. The first kappa shape index (κ1) is 17.1. The molecular weight excluding hydrogens is 281 g/mol. The van der Waals surface area contributed by atoms with E-state index in [-0.39, 0.29) is 30.6 Å². The van der Waals surface area contributed by atoms with Gasteiger partial charge in [0.2, 0.25) is 0 Å². The van der Waals surface area contributed by atoms with Crippen LogP contribution in [0.15, 0.2) is 12.3 Å². The van der Waals surface area contributed by atoms with Crippen molar-refractivity contribution in [2.75, 3.05) is 32.7 Å². The first-order valence-electron chi connectivity index (χ1n) is 5.36. The van der Waals surface area contributed by atoms with Gasteiger partial charge in [-0.05, 0) is 4.92 Å². The Morgan fingerprint density at radius 1 is 1.33 bits per heavy atom. The Morgan fingerprint density at radius 2 is 2.00 bits per heavy atom. The van der Waals surface area contributed by atoms with Crippen LogP contribution in [0.4, 0.5) is 5.82 Å². The van der Waals surface area contributed by atoms with Crippen molar-refractivity contribution in [1.29, 1.82) is 0 Å². The molecule has 0 spiro atoms. The molecule has 1 aliphatic rings. The van der Waals surface area contributed by atoms with Crippen LogP contribution in [0.5, 0.6) is 0 Å². The molecule has 18 heavy (non-hydrogen) atoms. The highest BCUT2D eigenvalue weighted by Crippen LogP contribution is 2.05. The van der Waals surface area contributed by atoms with Crippen LogP contribution in [0, 0.1) is 10.1 Å². The number of rotatable bonds is 4. The minimum atomic E-state index is -0.471. The summed E-state index contributed by atoms with van der Waals surface area (Å²) < 4.78 is 1.63. The summed E-state index contributed by atoms with van der Waals surface area (Å²) in [4.78, 5) is 12.3. The van der Waals surface area contributed by atoms with Crippen molar-refractivity contribution >= 4 is 30.6 Å². The monoisotopic (exact) mass is 297 g/mol. The maximum Gasteiger partial charge on any atom is 0.389 e. The van der Waals surface area contributed by atoms with Crippen LogP contribution in [0.1, 0.15) is 0 Å². The number of halogens is 2. The predicted octanol–water partition coefficient (Wildman–Crippen LogP) is 0.540. The predicted molar refractivity (Wildman–Crippen MR) is 72.7 cm³/mol. The zero-order chi connectivity index (χ0) is 11.4. The highest BCUT2D eigenvalue weighted by atomic mass is 35.5. The van der Waals surface area contributed by atoms with Gasteiger partial charge in [0, 0.05) is 32.7 Å². The summed E-state index contributed by atoms with van der Waals surface area (Å²) in [5.74, 6) is -0.0830. The first-order chi connectivity index (χ1) is 7.75. The Hall–Kier alpha value is -0.890. The molecule has 1 aromatic rings. The van der Waals surface area contributed by atoms with Crippen molar-refractivity contribution in [3.05, 3.63) is 22.4 Å². The van der Waals surface area contributed by atoms with E-state index >= 15 is 0 Å². The summed E-state index contributed by atoms with van der Waals surface area (Å²) in [5.41, 5.74) is 0. The molecule has 0 atom stereocenters. The summed E-state index contributed by atoms with van der Waals surface area (Å²) in [6, 6.07) is 1.43. The lowest BCUT2D eigenvalue weighted by Crippen LogP contribution is -2.44. The van der Waals surface area contributed by atoms with Crippen LogP contribution < -0.4 is 5.32 Å². The molecule has 2 rings (SSSR count). The van der Waals surface area contributed by atoms with E-state index in [1.54, 1.807) is 10.9 Å². The first-order valence-corrected chi connectivity index (χ1v) is 5.36. The minimum absolute atomic E-state index is 0. The standard InChI is InChI=1S/C9H15N5O2.2ClH/c15-14(16)9-1-4-13(11-9)8-7-12-5-2-10-3-6-12;;/h1,4,10H,2-3,5-8H2;2*1H. The maximum atomic E-state index is 10.4. The Bertz CT molecular complexity index is 368. The van der Waals surface area contributed by atoms with Crippen molar-refractivity contribution in [2.24, 2.45) is 0 Å². The lowest BCUT2D eigenvalue weighted by Gasteiger charge is -2.26. The summed E-state index contributed by atoms with van der Waals surface area (Å²) >= 11 is 0. The average molecular weight is 298 g/mol. The van der Waals surface area contributed by atoms with Gasteiger partial charge < -0.3 is 15.4 Å². The van der Waals surface area contributed by atoms with Crippen molar-refractivity contribution in [3.8, 4) is 0 Å². The van der Waals surface area contributed by atoms with Gasteiger partial charge in [0.15, 0.2) is 0 Å². The van der Waals surface area contributed by atoms with Crippen LogP contribution in [-0.2, 0) is 6.54 Å². The fourth-order valence-corrected chi connectivity index (χ4v) is 1.75. The van der Waals surface area contributed by atoms with E-state index in [1.807, 2.05) is 0 Å². The van der Waals surface area contributed by atoms with Crippen LogP contribution in [0.2, 0.25) is 0 Å². The average Bonchev–Trinajstić information content (AvgIpc) is 2.76. The molecule has 2 heterocycles. The van der Waals surface area contributed by atoms with Crippen molar-refractivity contribution in [2.45, 2.75) is 6.54 Å². The van der Waals surface area contributed by atoms with Crippen molar-refractivity contribution in [1.82, 2.24) is 20.0 Å². The molecule has 0 amide bonds. The second-order valence-electron chi connectivity index (χ2n) is 3.79. The molecule has 104 valence electrons. The van der Waals surface area contributed by atoms with E-state index in [0.29, 0.717) is 6.54 Å². The van der Waals surface area contributed by atoms with Gasteiger partial charge >= 0.3 is 5.82 Å². The second kappa shape index (κ2) is 8.25. The smallest absolute Gasteiger partial charge is 0.358 e. The normalized spacial score (nSPS) is 15.6. The SMILES string of the molecule is Cl.Cl.O=[N+]([O-])c1ccn(CCN2CCNCC2)n1. The molecule has 7 nitrogen and oxygen atoms in total. The molecule has 9 heteroatoms. The Labute approximate surface area is 117 Å². The summed E-state index contributed by atoms with van der Waals surface area (Å²) in [5, 5.41) is 17.6. The van der Waals surface area contributed by atoms with Crippen LogP contribution in [-0.4, -0.2) is 52.3 Å². The van der Waals surface area contributed by atoms with E-state index in [4.69, 9.17) is 0 Å². The third-order valence-corrected chi connectivity index (χ3v) is 2.67. The van der Waals surface area contributed by atoms with Gasteiger partial charge in [0.25, 0.3) is 0 Å². The second-order valence-corrected chi connectivity index (χ2v) is 3.79. The number of nitrogens with zero attached hydrogens (tertiary/aromatic N) is 4. The molecular formula is C9H17Cl2N5O2. The highest BCUT2D eigenvalue weighted by Gasteiger charge is 2.13. The van der Waals surface area contributed by atoms with Gasteiger partial charge in [-0.3, -0.25) is 4.90 Å². The maximum absolute atomic E-state index is 10.4. The molecule has 0 aliphatic carbocycles. The molecule has 0 bridgehead atoms. The molecule has 0 saturated carbocycles. The third kappa shape index (κ3) is 4.77. The fraction of sp³-hybridized carbons (Fsp3) is 0.667. The zero-order valence-electron chi connectivity index (χ0n) is 9.82. The zero-order valence-corrected chi connectivity index (χ0v) is 11.5. The fourth-order valence-electron chi connectivity index (χ4n) is 1.75. The van der Waals surface area contributed by atoms with Gasteiger partial charge in [-0.25, -0.2) is 0 Å². The minimum Gasteiger partial charge on any atom is -0.358 e. The molecule has 1 saturated heterocycles. The van der Waals surface area contributed by atoms with Crippen LogP contribution >= 0.6 is 24.8 Å². The third-order valence-electron chi connectivity index (χ3n) is 2.67. The number of hydrogen-bond acceptors (Lipinski definition) is 5. The van der Waals surface area contributed by atoms with E-state index in [1.165, 1.54) is 6.07 Å². The quantitative estimate of drug-likeness (QED) is 0.648. The number of aromatic nitrogens is 2. The Balaban J connectivity index is 0.00000144. The van der Waals surface area contributed by atoms with Crippen molar-refractivity contribution < 1.29 is 4.92 Å². The summed E-state index contributed by atoms with van der Waals surface area (Å²) in [6.45, 7) is 5.68. The highest BCUT2D eigenvalue weighted by molar-refractivity contribution is 5.85. The van der Waals surface area contributed by atoms with Crippen LogP contribution in [0.3, 0.4) is 0 Å². The largest absolute Gasteiger partial charge is 0.389 e. The molecule has 0 radical (unpaired) electrons. The van der Waals surface area contributed by atoms with Crippen molar-refractivity contribution in [3.63, 3.8) is 0 Å². The number of hydrogen-bond donors (Lipinski definition) is 1. The van der Waals surface area contributed by atoms with Gasteiger partial charge in [0.05, 0.1) is 23.9 Å². The van der Waals surface area contributed by atoms with Gasteiger partial charge in [-0.2, -0.15) is 4.68 Å². The number of nitro groups is 1. The molecule has 1 aliphatic heterocycles. The van der Waals surface area contributed by atoms with Gasteiger partial charge in [-0.15, -0.1) is 24.8 Å². The number of nitrogens with one attached hydrogen (secondary N) is 1. The molecule has 1 N–H and O–H groups in total. The molecule has 0 unspecified atom stereocenters. The van der Waals surface area contributed by atoms with Gasteiger partial charge in [-0.1, -0.05) is 0 Å².